The summed E-state index contributed by atoms with van der Waals surface area (Å²) < 4.78 is 0. The molecule has 0 aliphatic carbocycles. The minimum Gasteiger partial charge on any atom is -0.311 e. The Labute approximate surface area is 103 Å². The predicted molar refractivity (Wildman–Crippen MR) is 71.1 cm³/mol. The van der Waals surface area contributed by atoms with Gasteiger partial charge in [-0.1, -0.05) is 6.92 Å². The summed E-state index contributed by atoms with van der Waals surface area (Å²) >= 11 is 1.80. The van der Waals surface area contributed by atoms with E-state index < -0.39 is 0 Å². The summed E-state index contributed by atoms with van der Waals surface area (Å²) in [6, 6.07) is 3.62. The van der Waals surface area contributed by atoms with Gasteiger partial charge in [0, 0.05) is 31.7 Å². The molecule has 1 aromatic rings. The van der Waals surface area contributed by atoms with E-state index in [0.717, 1.165) is 6.54 Å². The van der Waals surface area contributed by atoms with Gasteiger partial charge in [0.2, 0.25) is 0 Å². The van der Waals surface area contributed by atoms with Gasteiger partial charge in [0.05, 0.1) is 0 Å². The Bertz CT molecular complexity index is 297. The topological polar surface area (TPSA) is 15.3 Å². The van der Waals surface area contributed by atoms with Gasteiger partial charge in [0.15, 0.2) is 0 Å². The first-order valence-electron chi connectivity index (χ1n) is 6.28. The molecule has 2 unspecified atom stereocenters. The summed E-state index contributed by atoms with van der Waals surface area (Å²) in [5.41, 5.74) is 1.49. The van der Waals surface area contributed by atoms with E-state index in [1.165, 1.54) is 31.5 Å². The lowest BCUT2D eigenvalue weighted by atomic mass is 10.1. The normalized spacial score (nSPS) is 24.5. The highest BCUT2D eigenvalue weighted by atomic mass is 32.1. The fourth-order valence-electron chi connectivity index (χ4n) is 2.40. The molecule has 1 aliphatic heterocycles. The molecule has 2 heterocycles. The fraction of sp³-hybridized carbons (Fsp3) is 0.692. The zero-order chi connectivity index (χ0) is 11.4. The average Bonchev–Trinajstić information content (AvgIpc) is 2.82. The van der Waals surface area contributed by atoms with Crippen LogP contribution in [0.3, 0.4) is 0 Å². The first-order chi connectivity index (χ1) is 7.79. The first kappa shape index (κ1) is 12.1. The largest absolute Gasteiger partial charge is 0.311 e. The molecule has 1 aliphatic rings. The van der Waals surface area contributed by atoms with Gasteiger partial charge in [-0.15, -0.1) is 0 Å². The second kappa shape index (κ2) is 5.80. The van der Waals surface area contributed by atoms with E-state index in [1.54, 1.807) is 11.3 Å². The molecule has 1 N–H and O–H groups in total. The zero-order valence-corrected chi connectivity index (χ0v) is 11.1. The van der Waals surface area contributed by atoms with Crippen LogP contribution >= 0.6 is 11.3 Å². The van der Waals surface area contributed by atoms with Crippen molar-refractivity contribution in [3.8, 4) is 0 Å². The van der Waals surface area contributed by atoms with Gasteiger partial charge in [-0.2, -0.15) is 11.3 Å². The highest BCUT2D eigenvalue weighted by Gasteiger charge is 2.21. The molecule has 3 heteroatoms. The molecule has 2 rings (SSSR count). The summed E-state index contributed by atoms with van der Waals surface area (Å²) in [7, 11) is 0. The third kappa shape index (κ3) is 3.06. The quantitative estimate of drug-likeness (QED) is 0.866. The van der Waals surface area contributed by atoms with Crippen molar-refractivity contribution < 1.29 is 0 Å². The maximum Gasteiger partial charge on any atom is 0.0193 e. The van der Waals surface area contributed by atoms with Crippen LogP contribution < -0.4 is 5.32 Å². The highest BCUT2D eigenvalue weighted by Crippen LogP contribution is 2.14. The van der Waals surface area contributed by atoms with Gasteiger partial charge in [-0.25, -0.2) is 0 Å². The van der Waals surface area contributed by atoms with Gasteiger partial charge in [0.1, 0.15) is 0 Å². The van der Waals surface area contributed by atoms with Crippen LogP contribution in [0.25, 0.3) is 0 Å². The van der Waals surface area contributed by atoms with Crippen LogP contribution in [0.5, 0.6) is 0 Å². The van der Waals surface area contributed by atoms with Crippen molar-refractivity contribution in [2.45, 2.75) is 38.8 Å². The van der Waals surface area contributed by atoms with Crippen LogP contribution in [-0.2, 0) is 6.42 Å². The smallest absolute Gasteiger partial charge is 0.0193 e. The number of piperazine rings is 1. The number of hydrogen-bond acceptors (Lipinski definition) is 3. The molecular weight excluding hydrogens is 216 g/mol. The molecule has 2 nitrogen and oxygen atoms in total. The minimum absolute atomic E-state index is 0.672. The Morgan fingerprint density at radius 2 is 2.50 bits per heavy atom. The monoisotopic (exact) mass is 238 g/mol. The summed E-state index contributed by atoms with van der Waals surface area (Å²) in [4.78, 5) is 2.63. The standard InChI is InChI=1S/C13H22N2S/c1-3-13-9-15(6-5-14-13)11(2)8-12-4-7-16-10-12/h4,7,10-11,13-14H,3,5-6,8-9H2,1-2H3. The van der Waals surface area contributed by atoms with Crippen molar-refractivity contribution in [1.82, 2.24) is 10.2 Å². The molecule has 16 heavy (non-hydrogen) atoms. The molecular formula is C13H22N2S. The molecule has 0 amide bonds. The molecule has 0 bridgehead atoms. The number of nitrogens with one attached hydrogen (secondary N) is 1. The lowest BCUT2D eigenvalue weighted by Gasteiger charge is -2.37. The number of rotatable bonds is 4. The summed E-state index contributed by atoms with van der Waals surface area (Å²) in [5, 5.41) is 8.02. The molecule has 90 valence electrons. The number of nitrogens with zero attached hydrogens (tertiary/aromatic N) is 1. The Balaban J connectivity index is 1.86. The van der Waals surface area contributed by atoms with E-state index in [-0.39, 0.29) is 0 Å². The fourth-order valence-corrected chi connectivity index (χ4v) is 3.09. The Hall–Kier alpha value is -0.380. The van der Waals surface area contributed by atoms with E-state index in [1.807, 2.05) is 0 Å². The SMILES string of the molecule is CCC1CN(C(C)Cc2ccsc2)CCN1. The number of hydrogen-bond donors (Lipinski definition) is 1. The van der Waals surface area contributed by atoms with E-state index in [4.69, 9.17) is 0 Å². The third-order valence-electron chi connectivity index (χ3n) is 3.51. The molecule has 2 atom stereocenters. The molecule has 1 aromatic heterocycles. The second-order valence-electron chi connectivity index (χ2n) is 4.74. The van der Waals surface area contributed by atoms with Crippen LogP contribution in [0.15, 0.2) is 16.8 Å². The van der Waals surface area contributed by atoms with Crippen LogP contribution in [-0.4, -0.2) is 36.6 Å². The molecule has 0 saturated carbocycles. The van der Waals surface area contributed by atoms with E-state index >= 15 is 0 Å². The Kier molecular flexibility index (Phi) is 4.38. The number of thiophene rings is 1. The molecule has 0 spiro atoms. The van der Waals surface area contributed by atoms with E-state index in [2.05, 4.69) is 40.9 Å². The van der Waals surface area contributed by atoms with Crippen LogP contribution in [0.2, 0.25) is 0 Å². The van der Waals surface area contributed by atoms with Gasteiger partial charge in [0.25, 0.3) is 0 Å². The van der Waals surface area contributed by atoms with Crippen molar-refractivity contribution in [3.05, 3.63) is 22.4 Å². The lowest BCUT2D eigenvalue weighted by molar-refractivity contribution is 0.150. The minimum atomic E-state index is 0.672. The van der Waals surface area contributed by atoms with E-state index in [9.17, 15) is 0 Å². The predicted octanol–water partition coefficient (Wildman–Crippen LogP) is 2.36. The van der Waals surface area contributed by atoms with Crippen molar-refractivity contribution in [2.75, 3.05) is 19.6 Å². The average molecular weight is 238 g/mol. The van der Waals surface area contributed by atoms with Crippen molar-refractivity contribution >= 4 is 11.3 Å². The Morgan fingerprint density at radius 1 is 1.62 bits per heavy atom. The Morgan fingerprint density at radius 3 is 3.19 bits per heavy atom. The highest BCUT2D eigenvalue weighted by molar-refractivity contribution is 7.07. The van der Waals surface area contributed by atoms with Crippen molar-refractivity contribution in [3.63, 3.8) is 0 Å². The zero-order valence-electron chi connectivity index (χ0n) is 10.3. The van der Waals surface area contributed by atoms with Gasteiger partial charge >= 0.3 is 0 Å². The molecule has 0 aromatic carbocycles. The maximum atomic E-state index is 3.57. The summed E-state index contributed by atoms with van der Waals surface area (Å²) in [5.74, 6) is 0. The van der Waals surface area contributed by atoms with Gasteiger partial charge in [-0.3, -0.25) is 4.90 Å². The molecule has 1 fully saturated rings. The van der Waals surface area contributed by atoms with Crippen molar-refractivity contribution in [2.24, 2.45) is 0 Å². The van der Waals surface area contributed by atoms with Crippen LogP contribution in [0.4, 0.5) is 0 Å². The van der Waals surface area contributed by atoms with E-state index in [0.29, 0.717) is 12.1 Å². The summed E-state index contributed by atoms with van der Waals surface area (Å²) in [6.07, 6.45) is 2.43. The van der Waals surface area contributed by atoms with Crippen molar-refractivity contribution in [1.29, 1.82) is 0 Å². The lowest BCUT2D eigenvalue weighted by Crippen LogP contribution is -2.53. The maximum absolute atomic E-state index is 3.57. The molecule has 0 radical (unpaired) electrons. The second-order valence-corrected chi connectivity index (χ2v) is 5.52. The van der Waals surface area contributed by atoms with Crippen LogP contribution in [0.1, 0.15) is 25.8 Å². The third-order valence-corrected chi connectivity index (χ3v) is 4.25. The van der Waals surface area contributed by atoms with Gasteiger partial charge < -0.3 is 5.32 Å². The first-order valence-corrected chi connectivity index (χ1v) is 7.22. The molecule has 1 saturated heterocycles. The summed E-state index contributed by atoms with van der Waals surface area (Å²) in [6.45, 7) is 8.18. The van der Waals surface area contributed by atoms with Gasteiger partial charge in [-0.05, 0) is 42.2 Å². The van der Waals surface area contributed by atoms with Crippen LogP contribution in [0, 0.1) is 0 Å².